The van der Waals surface area contributed by atoms with Crippen molar-refractivity contribution in [2.75, 3.05) is 66.8 Å². The molecule has 1 unspecified atom stereocenters. The largest absolute Gasteiger partial charge is 0.466 e. The van der Waals surface area contributed by atoms with Crippen LogP contribution in [0.15, 0.2) is 0 Å². The number of hydrogen-bond acceptors (Lipinski definition) is 15. The van der Waals surface area contributed by atoms with Gasteiger partial charge in [0.1, 0.15) is 19.3 Å². The number of likely N-dealkylation sites (tertiary alicyclic amines) is 1. The van der Waals surface area contributed by atoms with Gasteiger partial charge in [-0.25, -0.2) is 4.79 Å². The van der Waals surface area contributed by atoms with Crippen LogP contribution in [0.5, 0.6) is 0 Å². The van der Waals surface area contributed by atoms with Gasteiger partial charge in [-0.3, -0.25) is 33.7 Å². The molecule has 418 valence electrons. The summed E-state index contributed by atoms with van der Waals surface area (Å²) in [4.78, 5) is 94.7. The average Bonchev–Trinajstić information content (AvgIpc) is 3.75. The van der Waals surface area contributed by atoms with Crippen molar-refractivity contribution in [3.63, 3.8) is 0 Å². The van der Waals surface area contributed by atoms with Gasteiger partial charge in [-0.15, -0.1) is 0 Å². The maximum atomic E-state index is 13.6. The monoisotopic (exact) mass is 1020 g/mol. The van der Waals surface area contributed by atoms with Gasteiger partial charge in [-0.2, -0.15) is 0 Å². The van der Waals surface area contributed by atoms with E-state index in [9.17, 15) is 33.6 Å². The molecule has 0 N–H and O–H groups in total. The van der Waals surface area contributed by atoms with Gasteiger partial charge in [-0.1, -0.05) is 156 Å². The normalized spacial score (nSPS) is 14.8. The van der Waals surface area contributed by atoms with E-state index in [1.54, 1.807) is 0 Å². The van der Waals surface area contributed by atoms with Crippen LogP contribution in [0.1, 0.15) is 227 Å². The van der Waals surface area contributed by atoms with Crippen molar-refractivity contribution >= 4 is 41.9 Å². The number of rotatable bonds is 46. The standard InChI is InChI=1S/C56H100N2O14/c1-7-11-15-19-23-27-31-50(59)68-42-46(37-53(62)66-35-30-26-22-18-14-10-4)38-54(63)71-45-48-40-49(41-58(48)56(65)67-36-34-57(5)6)72-55(64)39-47(43-69-51(60)32-28-24-20-16-12-8-2)44-70-52(61)33-29-25-21-17-13-9-3/h46-49H,7-45H2,1-6H3/t46?,48-,49+/m0/s1. The van der Waals surface area contributed by atoms with E-state index < -0.39 is 48.0 Å². The molecule has 1 heterocycles. The lowest BCUT2D eigenvalue weighted by molar-refractivity contribution is -0.157. The topological polar surface area (TPSA) is 191 Å². The Morgan fingerprint density at radius 2 is 0.847 bits per heavy atom. The Kier molecular flexibility index (Phi) is 40.9. The lowest BCUT2D eigenvalue weighted by atomic mass is 10.0. The molecule has 1 rings (SSSR count). The Morgan fingerprint density at radius 1 is 0.444 bits per heavy atom. The Balaban J connectivity index is 3.02. The quantitative estimate of drug-likeness (QED) is 0.0318. The molecular weight excluding hydrogens is 925 g/mol. The van der Waals surface area contributed by atoms with E-state index in [-0.39, 0.29) is 109 Å². The predicted octanol–water partition coefficient (Wildman–Crippen LogP) is 11.4. The third-order valence-corrected chi connectivity index (χ3v) is 12.9. The minimum atomic E-state index is -0.783. The third-order valence-electron chi connectivity index (χ3n) is 12.9. The fraction of sp³-hybridized carbons (Fsp3) is 0.875. The molecule has 0 radical (unpaired) electrons. The Morgan fingerprint density at radius 3 is 1.31 bits per heavy atom. The lowest BCUT2D eigenvalue weighted by Crippen LogP contribution is -2.40. The number of nitrogens with zero attached hydrogens (tertiary/aromatic N) is 2. The number of esters is 6. The SMILES string of the molecule is CCCCCCCCOC(=O)CC(COC(=O)CCCCCCCC)CC(=O)OC[C@@H]1C[C@@H](OC(=O)CC(COC(=O)CCCCCCCC)COC(=O)CCCCCCCC)CN1C(=O)OCCN(C)C. The van der Waals surface area contributed by atoms with Gasteiger partial charge in [0.05, 0.1) is 58.3 Å². The summed E-state index contributed by atoms with van der Waals surface area (Å²) in [6.07, 6.45) is 23.4. The second-order valence-corrected chi connectivity index (χ2v) is 20.2. The van der Waals surface area contributed by atoms with Crippen LogP contribution in [0.4, 0.5) is 4.79 Å². The van der Waals surface area contributed by atoms with Gasteiger partial charge in [0.25, 0.3) is 0 Å². The molecule has 72 heavy (non-hydrogen) atoms. The molecule has 3 atom stereocenters. The molecule has 1 fully saturated rings. The minimum Gasteiger partial charge on any atom is -0.466 e. The molecule has 0 aromatic heterocycles. The summed E-state index contributed by atoms with van der Waals surface area (Å²) in [5, 5.41) is 0. The molecule has 1 aliphatic rings. The van der Waals surface area contributed by atoms with Gasteiger partial charge in [0, 0.05) is 44.1 Å². The van der Waals surface area contributed by atoms with Crippen molar-refractivity contribution in [3.8, 4) is 0 Å². The highest BCUT2D eigenvalue weighted by atomic mass is 16.6. The summed E-state index contributed by atoms with van der Waals surface area (Å²) in [6, 6.07) is -0.712. The fourth-order valence-corrected chi connectivity index (χ4v) is 8.41. The molecule has 1 saturated heterocycles. The number of hydrogen-bond donors (Lipinski definition) is 0. The van der Waals surface area contributed by atoms with E-state index in [0.717, 1.165) is 128 Å². The van der Waals surface area contributed by atoms with E-state index >= 15 is 0 Å². The maximum absolute atomic E-state index is 13.6. The second kappa shape index (κ2) is 44.5. The lowest BCUT2D eigenvalue weighted by Gasteiger charge is -2.24. The molecule has 0 bridgehead atoms. The molecule has 16 nitrogen and oxygen atoms in total. The molecule has 16 heteroatoms. The summed E-state index contributed by atoms with van der Waals surface area (Å²) in [7, 11) is 3.70. The second-order valence-electron chi connectivity index (χ2n) is 20.2. The first-order valence-electron chi connectivity index (χ1n) is 28.4. The highest BCUT2D eigenvalue weighted by Crippen LogP contribution is 2.24. The van der Waals surface area contributed by atoms with Gasteiger partial charge in [0.2, 0.25) is 0 Å². The fourth-order valence-electron chi connectivity index (χ4n) is 8.41. The van der Waals surface area contributed by atoms with Crippen LogP contribution in [0.3, 0.4) is 0 Å². The van der Waals surface area contributed by atoms with E-state index in [0.29, 0.717) is 25.8 Å². The number of amides is 1. The van der Waals surface area contributed by atoms with Crippen LogP contribution >= 0.6 is 0 Å². The molecule has 0 spiro atoms. The van der Waals surface area contributed by atoms with Crippen LogP contribution < -0.4 is 0 Å². The summed E-state index contributed by atoms with van der Waals surface area (Å²) in [5.74, 6) is -4.25. The van der Waals surface area contributed by atoms with Crippen molar-refractivity contribution in [3.05, 3.63) is 0 Å². The van der Waals surface area contributed by atoms with Crippen LogP contribution in [0.25, 0.3) is 0 Å². The predicted molar refractivity (Wildman–Crippen MR) is 278 cm³/mol. The molecule has 0 aromatic carbocycles. The number of ether oxygens (including phenoxy) is 7. The van der Waals surface area contributed by atoms with Gasteiger partial charge < -0.3 is 38.1 Å². The highest BCUT2D eigenvalue weighted by molar-refractivity contribution is 5.74. The first kappa shape index (κ1) is 66.1. The van der Waals surface area contributed by atoms with E-state index in [1.165, 1.54) is 11.3 Å². The van der Waals surface area contributed by atoms with Gasteiger partial charge >= 0.3 is 41.9 Å². The maximum Gasteiger partial charge on any atom is 0.410 e. The zero-order chi connectivity index (χ0) is 53.0. The summed E-state index contributed by atoms with van der Waals surface area (Å²) >= 11 is 0. The van der Waals surface area contributed by atoms with Crippen LogP contribution in [0.2, 0.25) is 0 Å². The zero-order valence-electron chi connectivity index (χ0n) is 46.0. The Bertz CT molecular complexity index is 1430. The Labute approximate surface area is 434 Å². The molecule has 0 aliphatic carbocycles. The Hall–Kier alpha value is -3.95. The van der Waals surface area contributed by atoms with Gasteiger partial charge in [0.15, 0.2) is 0 Å². The van der Waals surface area contributed by atoms with Crippen molar-refractivity contribution in [1.29, 1.82) is 0 Å². The van der Waals surface area contributed by atoms with Gasteiger partial charge in [-0.05, 0) is 39.8 Å². The molecule has 0 saturated carbocycles. The van der Waals surface area contributed by atoms with Crippen molar-refractivity contribution in [2.45, 2.75) is 239 Å². The van der Waals surface area contributed by atoms with Crippen LogP contribution in [-0.2, 0) is 61.9 Å². The third kappa shape index (κ3) is 36.9. The minimum absolute atomic E-state index is 0.0263. The molecule has 0 aromatic rings. The van der Waals surface area contributed by atoms with Crippen molar-refractivity contribution < 1.29 is 66.7 Å². The average molecular weight is 1030 g/mol. The summed E-state index contributed by atoms with van der Waals surface area (Å²) < 4.78 is 39.4. The molecule has 1 aliphatic heterocycles. The first-order valence-corrected chi connectivity index (χ1v) is 28.4. The molecular formula is C56H100N2O14. The smallest absolute Gasteiger partial charge is 0.410 e. The summed E-state index contributed by atoms with van der Waals surface area (Å²) in [5.41, 5.74) is 0. The highest BCUT2D eigenvalue weighted by Gasteiger charge is 2.39. The summed E-state index contributed by atoms with van der Waals surface area (Å²) in [6.45, 7) is 8.78. The van der Waals surface area contributed by atoms with E-state index in [2.05, 4.69) is 27.7 Å². The zero-order valence-corrected chi connectivity index (χ0v) is 46.0. The number of likely N-dealkylation sites (N-methyl/N-ethyl adjacent to an activating group) is 1. The van der Waals surface area contributed by atoms with Crippen LogP contribution in [-0.4, -0.2) is 131 Å². The number of carbonyl (C=O) groups is 7. The van der Waals surface area contributed by atoms with Crippen molar-refractivity contribution in [2.24, 2.45) is 11.8 Å². The first-order chi connectivity index (χ1) is 34.8. The number of unbranched alkanes of at least 4 members (excludes halogenated alkanes) is 20. The van der Waals surface area contributed by atoms with E-state index in [1.807, 2.05) is 19.0 Å². The molecule has 1 amide bonds. The number of carbonyl (C=O) groups excluding carboxylic acids is 7. The van der Waals surface area contributed by atoms with Crippen molar-refractivity contribution in [1.82, 2.24) is 9.80 Å². The van der Waals surface area contributed by atoms with E-state index in [4.69, 9.17) is 33.2 Å². The van der Waals surface area contributed by atoms with Crippen LogP contribution in [0, 0.1) is 11.8 Å².